The number of methoxy groups -OCH3 is 1. The summed E-state index contributed by atoms with van der Waals surface area (Å²) in [6, 6.07) is 10.7. The maximum atomic E-state index is 13.2. The number of hydrogen-bond acceptors (Lipinski definition) is 3. The molecule has 0 fully saturated rings. The SMILES string of the molecule is COc1cc(C(=O)Nc2cccc(F)c2)ccc1OCC(C)C. The third kappa shape index (κ3) is 4.71. The first-order chi connectivity index (χ1) is 11.0. The zero-order valence-electron chi connectivity index (χ0n) is 13.4. The molecule has 0 aliphatic rings. The van der Waals surface area contributed by atoms with Crippen LogP contribution in [-0.2, 0) is 0 Å². The van der Waals surface area contributed by atoms with Crippen molar-refractivity contribution in [3.05, 3.63) is 53.8 Å². The average Bonchev–Trinajstić information content (AvgIpc) is 2.52. The van der Waals surface area contributed by atoms with Crippen LogP contribution in [0.25, 0.3) is 0 Å². The van der Waals surface area contributed by atoms with Gasteiger partial charge in [-0.2, -0.15) is 0 Å². The van der Waals surface area contributed by atoms with Crippen LogP contribution in [0.15, 0.2) is 42.5 Å². The second-order valence-corrected chi connectivity index (χ2v) is 5.53. The van der Waals surface area contributed by atoms with E-state index < -0.39 is 5.82 Å². The molecule has 0 atom stereocenters. The van der Waals surface area contributed by atoms with Crippen molar-refractivity contribution < 1.29 is 18.7 Å². The summed E-state index contributed by atoms with van der Waals surface area (Å²) in [4.78, 5) is 12.2. The molecule has 5 heteroatoms. The Kier molecular flexibility index (Phi) is 5.57. The first-order valence-electron chi connectivity index (χ1n) is 7.37. The second kappa shape index (κ2) is 7.63. The van der Waals surface area contributed by atoms with E-state index in [2.05, 4.69) is 5.32 Å². The van der Waals surface area contributed by atoms with Crippen molar-refractivity contribution in [3.63, 3.8) is 0 Å². The van der Waals surface area contributed by atoms with Crippen LogP contribution in [0, 0.1) is 11.7 Å². The molecule has 1 N–H and O–H groups in total. The maximum Gasteiger partial charge on any atom is 0.255 e. The molecule has 1 amide bonds. The Morgan fingerprint density at radius 1 is 1.17 bits per heavy atom. The molecule has 2 aromatic carbocycles. The number of amides is 1. The Hall–Kier alpha value is -2.56. The lowest BCUT2D eigenvalue weighted by atomic mass is 10.1. The van der Waals surface area contributed by atoms with E-state index in [1.54, 1.807) is 24.3 Å². The average molecular weight is 317 g/mol. The Balaban J connectivity index is 2.14. The van der Waals surface area contributed by atoms with E-state index >= 15 is 0 Å². The highest BCUT2D eigenvalue weighted by atomic mass is 19.1. The molecule has 0 aromatic heterocycles. The molecule has 0 heterocycles. The first kappa shape index (κ1) is 16.8. The zero-order chi connectivity index (χ0) is 16.8. The molecule has 0 unspecified atom stereocenters. The molecule has 0 aliphatic carbocycles. The molecule has 2 aromatic rings. The number of rotatable bonds is 6. The lowest BCUT2D eigenvalue weighted by molar-refractivity contribution is 0.102. The van der Waals surface area contributed by atoms with E-state index in [1.807, 2.05) is 13.8 Å². The third-order valence-electron chi connectivity index (χ3n) is 3.08. The highest BCUT2D eigenvalue weighted by Crippen LogP contribution is 2.28. The molecule has 4 nitrogen and oxygen atoms in total. The number of carbonyl (C=O) groups is 1. The van der Waals surface area contributed by atoms with Crippen LogP contribution in [0.4, 0.5) is 10.1 Å². The van der Waals surface area contributed by atoms with Crippen molar-refractivity contribution in [2.24, 2.45) is 5.92 Å². The van der Waals surface area contributed by atoms with Crippen LogP contribution in [-0.4, -0.2) is 19.6 Å². The summed E-state index contributed by atoms with van der Waals surface area (Å²) >= 11 is 0. The van der Waals surface area contributed by atoms with E-state index in [-0.39, 0.29) is 5.91 Å². The summed E-state index contributed by atoms with van der Waals surface area (Å²) in [7, 11) is 1.52. The van der Waals surface area contributed by atoms with Crippen LogP contribution in [0.3, 0.4) is 0 Å². The summed E-state index contributed by atoms with van der Waals surface area (Å²) in [5.74, 6) is 0.707. The van der Waals surface area contributed by atoms with Crippen LogP contribution < -0.4 is 14.8 Å². The van der Waals surface area contributed by atoms with Crippen molar-refractivity contribution >= 4 is 11.6 Å². The number of hydrogen-bond donors (Lipinski definition) is 1. The Morgan fingerprint density at radius 3 is 2.61 bits per heavy atom. The number of benzene rings is 2. The first-order valence-corrected chi connectivity index (χ1v) is 7.37. The van der Waals surface area contributed by atoms with Crippen LogP contribution in [0.2, 0.25) is 0 Å². The normalized spacial score (nSPS) is 10.5. The summed E-state index contributed by atoms with van der Waals surface area (Å²) in [5.41, 5.74) is 0.803. The molecule has 0 saturated carbocycles. The van der Waals surface area contributed by atoms with E-state index in [4.69, 9.17) is 9.47 Å². The quantitative estimate of drug-likeness (QED) is 0.872. The number of anilines is 1. The predicted octanol–water partition coefficient (Wildman–Crippen LogP) is 4.12. The van der Waals surface area contributed by atoms with Gasteiger partial charge in [-0.25, -0.2) is 4.39 Å². The Bertz CT molecular complexity index is 686. The predicted molar refractivity (Wildman–Crippen MR) is 87.7 cm³/mol. The monoisotopic (exact) mass is 317 g/mol. The summed E-state index contributed by atoms with van der Waals surface area (Å²) < 4.78 is 24.1. The molecular weight excluding hydrogens is 297 g/mol. The molecule has 2 rings (SSSR count). The molecule has 0 radical (unpaired) electrons. The van der Waals surface area contributed by atoms with Gasteiger partial charge in [-0.15, -0.1) is 0 Å². The Labute approximate surface area is 135 Å². The lowest BCUT2D eigenvalue weighted by Gasteiger charge is -2.13. The largest absolute Gasteiger partial charge is 0.493 e. The lowest BCUT2D eigenvalue weighted by Crippen LogP contribution is -2.12. The standard InChI is InChI=1S/C18H20FNO3/c1-12(2)11-23-16-8-7-13(9-17(16)22-3)18(21)20-15-6-4-5-14(19)10-15/h4-10,12H,11H2,1-3H3,(H,20,21). The van der Waals surface area contributed by atoms with E-state index in [0.29, 0.717) is 35.3 Å². The van der Waals surface area contributed by atoms with Crippen LogP contribution >= 0.6 is 0 Å². The maximum absolute atomic E-state index is 13.2. The number of ether oxygens (including phenoxy) is 2. The minimum atomic E-state index is -0.405. The van der Waals surface area contributed by atoms with E-state index in [1.165, 1.54) is 25.3 Å². The van der Waals surface area contributed by atoms with E-state index in [9.17, 15) is 9.18 Å². The van der Waals surface area contributed by atoms with Gasteiger partial charge in [0.25, 0.3) is 5.91 Å². The fraction of sp³-hybridized carbons (Fsp3) is 0.278. The van der Waals surface area contributed by atoms with Gasteiger partial charge in [-0.1, -0.05) is 19.9 Å². The zero-order valence-corrected chi connectivity index (χ0v) is 13.4. The summed E-state index contributed by atoms with van der Waals surface area (Å²) in [6.07, 6.45) is 0. The van der Waals surface area contributed by atoms with Crippen molar-refractivity contribution in [1.29, 1.82) is 0 Å². The fourth-order valence-electron chi connectivity index (χ4n) is 1.95. The molecule has 23 heavy (non-hydrogen) atoms. The highest BCUT2D eigenvalue weighted by molar-refractivity contribution is 6.04. The molecule has 0 saturated heterocycles. The molecule has 122 valence electrons. The Morgan fingerprint density at radius 2 is 1.96 bits per heavy atom. The highest BCUT2D eigenvalue weighted by Gasteiger charge is 2.12. The fourth-order valence-corrected chi connectivity index (χ4v) is 1.95. The van der Waals surface area contributed by atoms with Crippen LogP contribution in [0.1, 0.15) is 24.2 Å². The third-order valence-corrected chi connectivity index (χ3v) is 3.08. The van der Waals surface area contributed by atoms with Gasteiger partial charge in [0.05, 0.1) is 13.7 Å². The molecular formula is C18H20FNO3. The summed E-state index contributed by atoms with van der Waals surface area (Å²) in [6.45, 7) is 4.66. The van der Waals surface area contributed by atoms with Gasteiger partial charge in [-0.05, 0) is 42.3 Å². The number of carbonyl (C=O) groups excluding carboxylic acids is 1. The van der Waals surface area contributed by atoms with Gasteiger partial charge in [-0.3, -0.25) is 4.79 Å². The van der Waals surface area contributed by atoms with Crippen molar-refractivity contribution in [3.8, 4) is 11.5 Å². The van der Waals surface area contributed by atoms with Crippen molar-refractivity contribution in [1.82, 2.24) is 0 Å². The van der Waals surface area contributed by atoms with Gasteiger partial charge in [0, 0.05) is 11.3 Å². The number of nitrogens with one attached hydrogen (secondary N) is 1. The number of halogens is 1. The van der Waals surface area contributed by atoms with Crippen LogP contribution in [0.5, 0.6) is 11.5 Å². The van der Waals surface area contributed by atoms with Crippen molar-refractivity contribution in [2.75, 3.05) is 19.0 Å². The van der Waals surface area contributed by atoms with Crippen molar-refractivity contribution in [2.45, 2.75) is 13.8 Å². The minimum absolute atomic E-state index is 0.343. The van der Waals surface area contributed by atoms with Gasteiger partial charge >= 0.3 is 0 Å². The second-order valence-electron chi connectivity index (χ2n) is 5.53. The van der Waals surface area contributed by atoms with Gasteiger partial charge in [0.15, 0.2) is 11.5 Å². The minimum Gasteiger partial charge on any atom is -0.493 e. The van der Waals surface area contributed by atoms with Gasteiger partial charge in [0.1, 0.15) is 5.82 Å². The molecule has 0 spiro atoms. The van der Waals surface area contributed by atoms with Gasteiger partial charge in [0.2, 0.25) is 0 Å². The topological polar surface area (TPSA) is 47.6 Å². The molecule has 0 bridgehead atoms. The smallest absolute Gasteiger partial charge is 0.255 e. The van der Waals surface area contributed by atoms with Gasteiger partial charge < -0.3 is 14.8 Å². The van der Waals surface area contributed by atoms with E-state index in [0.717, 1.165) is 0 Å². The molecule has 0 aliphatic heterocycles. The summed E-state index contributed by atoms with van der Waals surface area (Å²) in [5, 5.41) is 2.64.